The van der Waals surface area contributed by atoms with Crippen molar-refractivity contribution in [3.05, 3.63) is 79.9 Å². The lowest BCUT2D eigenvalue weighted by atomic mass is 10.2. The number of amides is 1. The molecule has 38 heavy (non-hydrogen) atoms. The quantitative estimate of drug-likeness (QED) is 0.0613. The van der Waals surface area contributed by atoms with E-state index in [1.165, 1.54) is 12.1 Å². The number of nitro benzene ring substituents is 2. The van der Waals surface area contributed by atoms with E-state index in [4.69, 9.17) is 0 Å². The summed E-state index contributed by atoms with van der Waals surface area (Å²) in [5, 5.41) is 21.2. The first kappa shape index (κ1) is 29.5. The lowest BCUT2D eigenvalue weighted by Crippen LogP contribution is -2.14. The molecule has 0 aliphatic heterocycles. The van der Waals surface area contributed by atoms with E-state index in [2.05, 4.69) is 24.5 Å². The number of nitrogens with zero attached hydrogens (tertiary/aromatic N) is 5. The van der Waals surface area contributed by atoms with Crippen molar-refractivity contribution in [3.8, 4) is 0 Å². The van der Waals surface area contributed by atoms with Gasteiger partial charge in [0.05, 0.1) is 21.0 Å². The average molecular weight is 548 g/mol. The molecule has 0 spiro atoms. The first-order valence-corrected chi connectivity index (χ1v) is 11.6. The summed E-state index contributed by atoms with van der Waals surface area (Å²) in [6.07, 6.45) is 0.0781. The van der Waals surface area contributed by atoms with Gasteiger partial charge in [-0.05, 0) is 51.3 Å². The fourth-order valence-corrected chi connectivity index (χ4v) is 3.21. The first-order valence-electron chi connectivity index (χ1n) is 10.6. The summed E-state index contributed by atoms with van der Waals surface area (Å²) in [5.41, 5.74) is -0.588. The maximum Gasteiger partial charge on any atom is 0.444 e. The van der Waals surface area contributed by atoms with Gasteiger partial charge in [-0.15, -0.1) is 4.99 Å². The second kappa shape index (κ2) is 14.8. The Hall–Kier alpha value is -4.70. The molecule has 2 aromatic rings. The second-order valence-corrected chi connectivity index (χ2v) is 8.43. The average Bonchev–Trinajstić information content (AvgIpc) is 2.88. The Morgan fingerprint density at radius 2 is 1.45 bits per heavy atom. The minimum absolute atomic E-state index is 0.0238. The highest BCUT2D eigenvalue weighted by atomic mass is 32.2. The number of aliphatic imine (C=N–C) groups is 2. The zero-order valence-corrected chi connectivity index (χ0v) is 20.9. The molecule has 2 aromatic carbocycles. The SMILES string of the molecule is CN(C)CCCSC(/N=C/OOC(=O)c1ccc([N+](=O)[O-])cc1)=N/C(=O)OC(=O)c1ccc([N+](=O)[O-])cc1. The summed E-state index contributed by atoms with van der Waals surface area (Å²) in [6, 6.07) is 8.98. The fraction of sp³-hybridized carbons (Fsp3) is 0.227. The van der Waals surface area contributed by atoms with E-state index in [0.717, 1.165) is 54.7 Å². The molecule has 0 unspecified atom stereocenters. The molecular formula is C22H21N5O10S. The maximum absolute atomic E-state index is 12.1. The Morgan fingerprint density at radius 1 is 0.921 bits per heavy atom. The Morgan fingerprint density at radius 3 is 1.95 bits per heavy atom. The molecule has 0 atom stereocenters. The van der Waals surface area contributed by atoms with Crippen molar-refractivity contribution >= 4 is 52.7 Å². The predicted molar refractivity (Wildman–Crippen MR) is 135 cm³/mol. The van der Waals surface area contributed by atoms with Gasteiger partial charge in [-0.25, -0.2) is 19.3 Å². The van der Waals surface area contributed by atoms with E-state index in [-0.39, 0.29) is 27.7 Å². The smallest absolute Gasteiger partial charge is 0.371 e. The predicted octanol–water partition coefficient (Wildman–Crippen LogP) is 3.64. The Bertz CT molecular complexity index is 1230. The molecule has 0 aliphatic carbocycles. The fourth-order valence-electron chi connectivity index (χ4n) is 2.50. The number of nitro groups is 2. The van der Waals surface area contributed by atoms with Gasteiger partial charge in [-0.3, -0.25) is 25.1 Å². The molecule has 0 aromatic heterocycles. The molecule has 15 nitrogen and oxygen atoms in total. The van der Waals surface area contributed by atoms with Crippen LogP contribution in [-0.4, -0.2) is 70.7 Å². The number of rotatable bonds is 10. The largest absolute Gasteiger partial charge is 0.444 e. The van der Waals surface area contributed by atoms with Gasteiger partial charge in [0.1, 0.15) is 0 Å². The zero-order valence-electron chi connectivity index (χ0n) is 20.0. The van der Waals surface area contributed by atoms with Crippen molar-refractivity contribution < 1.29 is 38.7 Å². The molecule has 0 bridgehead atoms. The Labute approximate surface area is 219 Å². The van der Waals surface area contributed by atoms with Crippen LogP contribution in [0.1, 0.15) is 27.1 Å². The topological polar surface area (TPSA) is 193 Å². The number of carbonyl (C=O) groups excluding carboxylic acids is 3. The van der Waals surface area contributed by atoms with Crippen molar-refractivity contribution in [1.29, 1.82) is 0 Å². The van der Waals surface area contributed by atoms with Gasteiger partial charge in [0, 0.05) is 30.0 Å². The van der Waals surface area contributed by atoms with Crippen LogP contribution >= 0.6 is 11.8 Å². The lowest BCUT2D eigenvalue weighted by Gasteiger charge is -2.08. The van der Waals surface area contributed by atoms with Gasteiger partial charge >= 0.3 is 18.0 Å². The number of thioether (sulfide) groups is 1. The van der Waals surface area contributed by atoms with Crippen molar-refractivity contribution in [2.24, 2.45) is 9.98 Å². The van der Waals surface area contributed by atoms with Gasteiger partial charge in [0.2, 0.25) is 6.40 Å². The molecule has 0 radical (unpaired) electrons. The molecule has 2 rings (SSSR count). The number of hydrogen-bond donors (Lipinski definition) is 0. The van der Waals surface area contributed by atoms with E-state index >= 15 is 0 Å². The summed E-state index contributed by atoms with van der Waals surface area (Å²) in [5.74, 6) is -1.57. The number of esters is 1. The Balaban J connectivity index is 2.00. The summed E-state index contributed by atoms with van der Waals surface area (Å²) in [7, 11) is 3.76. The zero-order chi connectivity index (χ0) is 28.1. The van der Waals surface area contributed by atoms with Gasteiger partial charge in [0.25, 0.3) is 11.4 Å². The number of benzene rings is 2. The third-order valence-electron chi connectivity index (χ3n) is 4.31. The maximum atomic E-state index is 12.1. The minimum Gasteiger partial charge on any atom is -0.371 e. The number of hydrogen-bond acceptors (Lipinski definition) is 12. The third kappa shape index (κ3) is 10.1. The van der Waals surface area contributed by atoms with Gasteiger partial charge < -0.3 is 9.64 Å². The van der Waals surface area contributed by atoms with Crippen LogP contribution < -0.4 is 0 Å². The summed E-state index contributed by atoms with van der Waals surface area (Å²) >= 11 is 1.03. The van der Waals surface area contributed by atoms with E-state index in [1.807, 2.05) is 19.0 Å². The monoisotopic (exact) mass is 547 g/mol. The van der Waals surface area contributed by atoms with Gasteiger partial charge in [0.15, 0.2) is 5.17 Å². The molecule has 0 heterocycles. The van der Waals surface area contributed by atoms with Crippen LogP contribution in [0.4, 0.5) is 16.2 Å². The second-order valence-electron chi connectivity index (χ2n) is 7.36. The summed E-state index contributed by atoms with van der Waals surface area (Å²) < 4.78 is 4.64. The summed E-state index contributed by atoms with van der Waals surface area (Å²) in [6.45, 7) is 0.733. The number of non-ortho nitro benzene ring substituents is 2. The number of carbonyl (C=O) groups is 3. The van der Waals surface area contributed by atoms with Crippen molar-refractivity contribution in [2.45, 2.75) is 6.42 Å². The lowest BCUT2D eigenvalue weighted by molar-refractivity contribution is -0.385. The highest BCUT2D eigenvalue weighted by Gasteiger charge is 2.16. The van der Waals surface area contributed by atoms with E-state index in [0.29, 0.717) is 18.6 Å². The Kier molecular flexibility index (Phi) is 11.5. The van der Waals surface area contributed by atoms with Crippen LogP contribution in [0.15, 0.2) is 58.5 Å². The first-order chi connectivity index (χ1) is 18.1. The normalized spacial score (nSPS) is 11.3. The molecule has 0 aliphatic rings. The highest BCUT2D eigenvalue weighted by molar-refractivity contribution is 8.13. The summed E-state index contributed by atoms with van der Waals surface area (Å²) in [4.78, 5) is 74.9. The molecule has 0 saturated heterocycles. The van der Waals surface area contributed by atoms with Crippen LogP contribution in [0, 0.1) is 20.2 Å². The van der Waals surface area contributed by atoms with E-state index < -0.39 is 27.9 Å². The molecular weight excluding hydrogens is 526 g/mol. The van der Waals surface area contributed by atoms with Crippen LogP contribution in [0.2, 0.25) is 0 Å². The van der Waals surface area contributed by atoms with Crippen molar-refractivity contribution in [1.82, 2.24) is 4.90 Å². The molecule has 0 N–H and O–H groups in total. The standard InChI is InChI=1S/C22H21N5O10S/c1-25(2)12-3-13-38-21(23-14-35-37-20(29)16-6-10-18(11-7-16)27(33)34)24-22(30)36-19(28)15-4-8-17(9-5-15)26(31)32/h4-11,14H,3,12-13H2,1-2H3/b23-14+,24-21+. The molecule has 0 saturated carbocycles. The van der Waals surface area contributed by atoms with E-state index in [9.17, 15) is 34.6 Å². The van der Waals surface area contributed by atoms with Gasteiger partial charge in [-0.1, -0.05) is 11.8 Å². The van der Waals surface area contributed by atoms with Gasteiger partial charge in [-0.2, -0.15) is 4.99 Å². The highest BCUT2D eigenvalue weighted by Crippen LogP contribution is 2.15. The molecule has 0 fully saturated rings. The molecule has 16 heteroatoms. The van der Waals surface area contributed by atoms with Crippen LogP contribution in [0.5, 0.6) is 0 Å². The van der Waals surface area contributed by atoms with E-state index in [1.54, 1.807) is 0 Å². The third-order valence-corrected chi connectivity index (χ3v) is 5.25. The van der Waals surface area contributed by atoms with Crippen LogP contribution in [-0.2, 0) is 14.5 Å². The van der Waals surface area contributed by atoms with Crippen molar-refractivity contribution in [2.75, 3.05) is 26.4 Å². The molecule has 1 amide bonds. The van der Waals surface area contributed by atoms with Crippen LogP contribution in [0.25, 0.3) is 0 Å². The molecule has 200 valence electrons. The van der Waals surface area contributed by atoms with Crippen LogP contribution in [0.3, 0.4) is 0 Å². The van der Waals surface area contributed by atoms with Crippen molar-refractivity contribution in [3.63, 3.8) is 0 Å². The minimum atomic E-state index is -1.30. The number of amidine groups is 1. The number of ether oxygens (including phenoxy) is 1.